The fourth-order valence-electron chi connectivity index (χ4n) is 3.41. The van der Waals surface area contributed by atoms with Crippen LogP contribution in [0.2, 0.25) is 0 Å². The third-order valence-corrected chi connectivity index (χ3v) is 6.25. The molecule has 0 aliphatic heterocycles. The van der Waals surface area contributed by atoms with Crippen LogP contribution in [-0.2, 0) is 12.3 Å². The van der Waals surface area contributed by atoms with Gasteiger partial charge in [-0.25, -0.2) is 9.37 Å². The average molecular weight is 462 g/mol. The van der Waals surface area contributed by atoms with E-state index in [1.807, 2.05) is 37.3 Å². The Bertz CT molecular complexity index is 1320. The Labute approximate surface area is 195 Å². The second-order valence-corrected chi connectivity index (χ2v) is 8.61. The van der Waals surface area contributed by atoms with Gasteiger partial charge in [-0.2, -0.15) is 0 Å². The molecule has 0 fully saturated rings. The summed E-state index contributed by atoms with van der Waals surface area (Å²) >= 11 is 1.44. The van der Waals surface area contributed by atoms with E-state index in [0.29, 0.717) is 40.5 Å². The number of nitrogens with zero attached hydrogens (tertiary/aromatic N) is 2. The van der Waals surface area contributed by atoms with Gasteiger partial charge in [0, 0.05) is 17.9 Å². The van der Waals surface area contributed by atoms with E-state index in [1.165, 1.54) is 23.9 Å². The first-order valence-corrected chi connectivity index (χ1v) is 11.8. The molecule has 0 saturated heterocycles. The Morgan fingerprint density at radius 3 is 2.42 bits per heavy atom. The minimum Gasteiger partial charge on any atom is -0.352 e. The van der Waals surface area contributed by atoms with Crippen LogP contribution in [0.15, 0.2) is 82.7 Å². The first-order chi connectivity index (χ1) is 16.0. The smallest absolute Gasteiger partial charge is 0.262 e. The average Bonchev–Trinajstić information content (AvgIpc) is 2.84. The van der Waals surface area contributed by atoms with Crippen molar-refractivity contribution in [1.82, 2.24) is 14.9 Å². The van der Waals surface area contributed by atoms with E-state index in [1.54, 1.807) is 34.9 Å². The number of hydrogen-bond donors (Lipinski definition) is 1. The van der Waals surface area contributed by atoms with E-state index in [4.69, 9.17) is 4.98 Å². The van der Waals surface area contributed by atoms with Crippen LogP contribution in [0, 0.1) is 5.82 Å². The maximum absolute atomic E-state index is 13.3. The van der Waals surface area contributed by atoms with Crippen LogP contribution < -0.4 is 10.9 Å². The van der Waals surface area contributed by atoms with E-state index < -0.39 is 0 Å². The van der Waals surface area contributed by atoms with Gasteiger partial charge in [0.05, 0.1) is 17.4 Å². The summed E-state index contributed by atoms with van der Waals surface area (Å²) in [6.07, 6.45) is 0.875. The zero-order chi connectivity index (χ0) is 23.2. The number of aromatic nitrogens is 2. The molecular weight excluding hydrogens is 437 g/mol. The highest BCUT2D eigenvalue weighted by molar-refractivity contribution is 7.98. The summed E-state index contributed by atoms with van der Waals surface area (Å²) in [5, 5.41) is 4.01. The van der Waals surface area contributed by atoms with Crippen LogP contribution in [0.25, 0.3) is 10.9 Å². The maximum Gasteiger partial charge on any atom is 0.262 e. The molecule has 1 heterocycles. The minimum absolute atomic E-state index is 0.108. The topological polar surface area (TPSA) is 64.0 Å². The van der Waals surface area contributed by atoms with Gasteiger partial charge in [0.2, 0.25) is 0 Å². The molecule has 4 aromatic rings. The van der Waals surface area contributed by atoms with Gasteiger partial charge >= 0.3 is 0 Å². The molecule has 4 rings (SSSR count). The number of fused-ring (bicyclic) bond motifs is 1. The molecule has 7 heteroatoms. The fourth-order valence-corrected chi connectivity index (χ4v) is 4.36. The quantitative estimate of drug-likeness (QED) is 0.296. The van der Waals surface area contributed by atoms with Gasteiger partial charge in [-0.15, -0.1) is 0 Å². The van der Waals surface area contributed by atoms with Crippen LogP contribution in [0.5, 0.6) is 0 Å². The lowest BCUT2D eigenvalue weighted by atomic mass is 10.1. The second kappa shape index (κ2) is 10.4. The van der Waals surface area contributed by atoms with E-state index in [0.717, 1.165) is 17.5 Å². The number of hydrogen-bond acceptors (Lipinski definition) is 4. The van der Waals surface area contributed by atoms with Gasteiger partial charge in [0.15, 0.2) is 5.16 Å². The number of nitrogens with one attached hydrogen (secondary N) is 1. The molecule has 0 atom stereocenters. The molecule has 0 unspecified atom stereocenters. The monoisotopic (exact) mass is 461 g/mol. The molecule has 0 saturated carbocycles. The van der Waals surface area contributed by atoms with Crippen molar-refractivity contribution < 1.29 is 9.18 Å². The summed E-state index contributed by atoms with van der Waals surface area (Å²) < 4.78 is 14.9. The summed E-state index contributed by atoms with van der Waals surface area (Å²) in [5.74, 6) is 0.168. The highest BCUT2D eigenvalue weighted by Crippen LogP contribution is 2.23. The van der Waals surface area contributed by atoms with E-state index in [-0.39, 0.29) is 17.3 Å². The van der Waals surface area contributed by atoms with Gasteiger partial charge in [-0.3, -0.25) is 14.2 Å². The third-order valence-electron chi connectivity index (χ3n) is 5.20. The minimum atomic E-state index is -0.281. The number of carbonyl (C=O) groups excluding carboxylic acids is 1. The summed E-state index contributed by atoms with van der Waals surface area (Å²) in [6.45, 7) is 2.97. The summed E-state index contributed by atoms with van der Waals surface area (Å²) in [7, 11) is 0. The molecule has 0 aliphatic carbocycles. The Kier molecular flexibility index (Phi) is 7.19. The zero-order valence-corrected chi connectivity index (χ0v) is 19.1. The Morgan fingerprint density at radius 2 is 1.70 bits per heavy atom. The van der Waals surface area contributed by atoms with Gasteiger partial charge in [0.25, 0.3) is 11.5 Å². The van der Waals surface area contributed by atoms with Crippen molar-refractivity contribution >= 4 is 28.6 Å². The Morgan fingerprint density at radius 1 is 1.00 bits per heavy atom. The van der Waals surface area contributed by atoms with Gasteiger partial charge < -0.3 is 5.32 Å². The number of carbonyl (C=O) groups is 1. The number of benzene rings is 3. The van der Waals surface area contributed by atoms with Crippen LogP contribution in [0.1, 0.15) is 34.8 Å². The summed E-state index contributed by atoms with van der Waals surface area (Å²) in [6, 6.07) is 20.8. The standard InChI is InChI=1S/C26H24FN3O2S/c1-2-15-28-24(31)20-11-7-18(8-12-20)16-30-25(32)22-5-3-4-6-23(22)29-26(30)33-17-19-9-13-21(27)14-10-19/h3-14H,2,15-17H2,1H3,(H,28,31). The molecule has 3 aromatic carbocycles. The molecule has 0 aliphatic rings. The number of para-hydroxylation sites is 1. The lowest BCUT2D eigenvalue weighted by Gasteiger charge is -2.14. The molecule has 1 N–H and O–H groups in total. The normalized spacial score (nSPS) is 11.0. The van der Waals surface area contributed by atoms with Crippen molar-refractivity contribution in [3.05, 3.63) is 106 Å². The second-order valence-electron chi connectivity index (χ2n) is 7.67. The van der Waals surface area contributed by atoms with Crippen molar-refractivity contribution in [3.8, 4) is 0 Å². The molecule has 5 nitrogen and oxygen atoms in total. The molecular formula is C26H24FN3O2S. The van der Waals surface area contributed by atoms with Gasteiger partial charge in [-0.1, -0.05) is 55.1 Å². The molecule has 168 valence electrons. The number of halogens is 1. The maximum atomic E-state index is 13.3. The Hall–Kier alpha value is -3.45. The van der Waals surface area contributed by atoms with Crippen LogP contribution >= 0.6 is 11.8 Å². The highest BCUT2D eigenvalue weighted by atomic mass is 32.2. The van der Waals surface area contributed by atoms with Crippen molar-refractivity contribution in [3.63, 3.8) is 0 Å². The predicted octanol–water partition coefficient (Wildman–Crippen LogP) is 5.02. The summed E-state index contributed by atoms with van der Waals surface area (Å²) in [4.78, 5) is 30.2. The first kappa shape index (κ1) is 22.7. The first-order valence-electron chi connectivity index (χ1n) is 10.8. The van der Waals surface area contributed by atoms with Crippen molar-refractivity contribution in [2.24, 2.45) is 0 Å². The summed E-state index contributed by atoms with van der Waals surface area (Å²) in [5.41, 5.74) is 2.94. The number of thioether (sulfide) groups is 1. The van der Waals surface area contributed by atoms with E-state index in [9.17, 15) is 14.0 Å². The van der Waals surface area contributed by atoms with Crippen LogP contribution in [0.3, 0.4) is 0 Å². The lowest BCUT2D eigenvalue weighted by molar-refractivity contribution is 0.0953. The van der Waals surface area contributed by atoms with Crippen molar-refractivity contribution in [2.75, 3.05) is 6.54 Å². The fraction of sp³-hybridized carbons (Fsp3) is 0.192. The molecule has 0 bridgehead atoms. The lowest BCUT2D eigenvalue weighted by Crippen LogP contribution is -2.25. The predicted molar refractivity (Wildman–Crippen MR) is 130 cm³/mol. The van der Waals surface area contributed by atoms with E-state index in [2.05, 4.69) is 5.32 Å². The largest absolute Gasteiger partial charge is 0.352 e. The number of rotatable bonds is 8. The van der Waals surface area contributed by atoms with Crippen LogP contribution in [-0.4, -0.2) is 22.0 Å². The van der Waals surface area contributed by atoms with Crippen molar-refractivity contribution in [2.45, 2.75) is 30.8 Å². The molecule has 1 amide bonds. The number of amides is 1. The van der Waals surface area contributed by atoms with E-state index >= 15 is 0 Å². The zero-order valence-electron chi connectivity index (χ0n) is 18.3. The highest BCUT2D eigenvalue weighted by Gasteiger charge is 2.13. The van der Waals surface area contributed by atoms with Crippen molar-refractivity contribution in [1.29, 1.82) is 0 Å². The van der Waals surface area contributed by atoms with Crippen LogP contribution in [0.4, 0.5) is 4.39 Å². The molecule has 0 radical (unpaired) electrons. The molecule has 1 aromatic heterocycles. The third kappa shape index (κ3) is 5.49. The van der Waals surface area contributed by atoms with Gasteiger partial charge in [-0.05, 0) is 53.9 Å². The Balaban J connectivity index is 1.63. The molecule has 0 spiro atoms. The molecule has 33 heavy (non-hydrogen) atoms. The van der Waals surface area contributed by atoms with Gasteiger partial charge in [0.1, 0.15) is 5.82 Å². The SMILES string of the molecule is CCCNC(=O)c1ccc(Cn2c(SCc3ccc(F)cc3)nc3ccccc3c2=O)cc1.